The van der Waals surface area contributed by atoms with Crippen LogP contribution in [0.4, 0.5) is 31.1 Å². The van der Waals surface area contributed by atoms with Crippen molar-refractivity contribution in [3.05, 3.63) is 53.2 Å². The van der Waals surface area contributed by atoms with Gasteiger partial charge in [0.05, 0.1) is 17.9 Å². The van der Waals surface area contributed by atoms with Crippen LogP contribution in [-0.4, -0.2) is 89.3 Å². The van der Waals surface area contributed by atoms with Crippen molar-refractivity contribution in [2.24, 2.45) is 10.9 Å². The summed E-state index contributed by atoms with van der Waals surface area (Å²) in [5.41, 5.74) is -1.68. The van der Waals surface area contributed by atoms with Crippen LogP contribution < -0.4 is 10.1 Å². The molecule has 0 spiro atoms. The van der Waals surface area contributed by atoms with Gasteiger partial charge in [-0.25, -0.2) is 37.2 Å². The van der Waals surface area contributed by atoms with Crippen LogP contribution in [0.3, 0.4) is 0 Å². The van der Waals surface area contributed by atoms with E-state index in [4.69, 9.17) is 9.73 Å². The molecule has 0 radical (unpaired) electrons. The minimum absolute atomic E-state index is 0.0163. The lowest BCUT2D eigenvalue weighted by Gasteiger charge is -2.36. The van der Waals surface area contributed by atoms with Crippen LogP contribution >= 0.6 is 11.8 Å². The molecule has 2 aliphatic rings. The van der Waals surface area contributed by atoms with E-state index in [0.717, 1.165) is 47.2 Å². The van der Waals surface area contributed by atoms with Gasteiger partial charge in [0, 0.05) is 33.2 Å². The number of amides is 2. The van der Waals surface area contributed by atoms with E-state index in [2.05, 4.69) is 39.7 Å². The topological polar surface area (TPSA) is 126 Å². The predicted octanol–water partition coefficient (Wildman–Crippen LogP) is 6.48. The number of hydrogen-bond donors (Lipinski definition) is 2. The highest BCUT2D eigenvalue weighted by molar-refractivity contribution is 8.16. The van der Waals surface area contributed by atoms with Gasteiger partial charge in [-0.3, -0.25) is 9.79 Å². The van der Waals surface area contributed by atoms with E-state index in [1.54, 1.807) is 6.92 Å². The number of halogens is 6. The molecule has 262 valence electrons. The molecular formula is C30H35F6N5O5SSi. The zero-order valence-electron chi connectivity index (χ0n) is 26.7. The fraction of sp³-hybridized carbons (Fsp3) is 0.500. The predicted molar refractivity (Wildman–Crippen MR) is 170 cm³/mol. The number of thioether (sulfide) groups is 1. The molecule has 3 atom stereocenters. The molecule has 1 aromatic carbocycles. The van der Waals surface area contributed by atoms with Gasteiger partial charge in [-0.15, -0.1) is 0 Å². The number of carboxylic acid groups (broad SMARTS) is 1. The lowest BCUT2D eigenvalue weighted by molar-refractivity contribution is -0.148. The van der Waals surface area contributed by atoms with Gasteiger partial charge in [-0.05, 0) is 43.2 Å². The van der Waals surface area contributed by atoms with Crippen molar-refractivity contribution >= 4 is 48.9 Å². The normalized spacial score (nSPS) is 22.5. The largest absolute Gasteiger partial charge is 0.470 e. The molecule has 1 aromatic heterocycles. The van der Waals surface area contributed by atoms with Gasteiger partial charge in [0.15, 0.2) is 17.6 Å². The fourth-order valence-electron chi connectivity index (χ4n) is 5.06. The Labute approximate surface area is 278 Å². The molecule has 4 rings (SSSR count). The summed E-state index contributed by atoms with van der Waals surface area (Å²) in [7, 11) is -0.0298. The molecule has 2 heterocycles. The number of nitrogens with zero attached hydrogens (tertiary/aromatic N) is 4. The molecule has 0 unspecified atom stereocenters. The summed E-state index contributed by atoms with van der Waals surface area (Å²) in [4.78, 5) is 38.4. The second-order valence-electron chi connectivity index (χ2n) is 12.7. The molecule has 1 aliphatic carbocycles. The second-order valence-corrected chi connectivity index (χ2v) is 19.7. The third kappa shape index (κ3) is 8.14. The molecule has 1 fully saturated rings. The Hall–Kier alpha value is -3.64. The molecule has 1 saturated carbocycles. The fourth-order valence-corrected chi connectivity index (χ4v) is 7.43. The summed E-state index contributed by atoms with van der Waals surface area (Å²) in [5.74, 6) is -7.56. The highest BCUT2D eigenvalue weighted by Gasteiger charge is 2.71. The minimum atomic E-state index is -4.42. The number of carbonyl (C=O) groups is 2. The third-order valence-electron chi connectivity index (χ3n) is 7.91. The number of alkyl halides is 4. The second kappa shape index (κ2) is 14.1. The number of rotatable bonds is 13. The Morgan fingerprint density at radius 1 is 1.25 bits per heavy atom. The SMILES string of the molecule is CNC(=O)[C@]12C[C@H]1[C@@](C)(c1cc(/C=C(\F)c3cnc(OCC(F)(F)C(F)F)cn3)ccc1F)N=C(N(COCC[Si](C)(C)C)C(=O)O)S2. The maximum atomic E-state index is 15.6. The van der Waals surface area contributed by atoms with Crippen molar-refractivity contribution in [3.63, 3.8) is 0 Å². The summed E-state index contributed by atoms with van der Waals surface area (Å²) < 4.78 is 90.8. The Morgan fingerprint density at radius 3 is 2.54 bits per heavy atom. The van der Waals surface area contributed by atoms with E-state index in [1.165, 1.54) is 19.2 Å². The molecule has 2 aromatic rings. The number of ether oxygens (including phenoxy) is 2. The highest BCUT2D eigenvalue weighted by atomic mass is 32.2. The number of nitrogens with one attached hydrogen (secondary N) is 1. The van der Waals surface area contributed by atoms with Crippen molar-refractivity contribution in [2.75, 3.05) is 27.0 Å². The van der Waals surface area contributed by atoms with Crippen LogP contribution in [0.15, 0.2) is 35.6 Å². The van der Waals surface area contributed by atoms with E-state index in [0.29, 0.717) is 6.61 Å². The maximum absolute atomic E-state index is 15.6. The Kier molecular flexibility index (Phi) is 10.9. The van der Waals surface area contributed by atoms with Crippen LogP contribution in [0.25, 0.3) is 11.9 Å². The summed E-state index contributed by atoms with van der Waals surface area (Å²) >= 11 is 0.976. The van der Waals surface area contributed by atoms with Crippen LogP contribution in [0.1, 0.15) is 30.2 Å². The number of carbonyl (C=O) groups excluding carboxylic acids is 1. The molecule has 10 nitrogen and oxygen atoms in total. The molecule has 0 bridgehead atoms. The standard InChI is InChI=1S/C30H35F6N5O5SSi/c1-28(22-12-29(22,25(42)37-2)47-26(40-28)41(27(43)44)16-45-8-9-48(3,4)5)18-10-17(6-7-19(18)31)11-20(32)21-13-39-23(14-38-21)46-15-30(35,36)24(33)34/h6-7,10-11,13-14,22,24H,8-9,12,15-16H2,1-5H3,(H,37,42)(H,43,44)/b20-11-/t22-,28+,29-/m0/s1. The van der Waals surface area contributed by atoms with Crippen LogP contribution in [0.5, 0.6) is 5.88 Å². The van der Waals surface area contributed by atoms with Crippen molar-refractivity contribution in [2.45, 2.75) is 61.7 Å². The first-order valence-electron chi connectivity index (χ1n) is 14.7. The first-order chi connectivity index (χ1) is 22.3. The molecule has 48 heavy (non-hydrogen) atoms. The maximum Gasteiger partial charge on any atom is 0.415 e. The van der Waals surface area contributed by atoms with Crippen molar-refractivity contribution in [1.29, 1.82) is 0 Å². The highest BCUT2D eigenvalue weighted by Crippen LogP contribution is 2.66. The van der Waals surface area contributed by atoms with Gasteiger partial charge in [0.2, 0.25) is 11.8 Å². The average molecular weight is 720 g/mol. The minimum Gasteiger partial charge on any atom is -0.470 e. The molecule has 0 saturated heterocycles. The van der Waals surface area contributed by atoms with Crippen LogP contribution in [0, 0.1) is 11.7 Å². The molecule has 2 N–H and O–H groups in total. The van der Waals surface area contributed by atoms with Crippen molar-refractivity contribution in [1.82, 2.24) is 20.2 Å². The van der Waals surface area contributed by atoms with E-state index in [-0.39, 0.29) is 41.0 Å². The van der Waals surface area contributed by atoms with Gasteiger partial charge in [-0.1, -0.05) is 37.5 Å². The third-order valence-corrected chi connectivity index (χ3v) is 11.1. The van der Waals surface area contributed by atoms with Crippen LogP contribution in [0.2, 0.25) is 25.7 Å². The van der Waals surface area contributed by atoms with Gasteiger partial charge < -0.3 is 19.9 Å². The van der Waals surface area contributed by atoms with Gasteiger partial charge in [0.25, 0.3) is 0 Å². The monoisotopic (exact) mass is 719 g/mol. The average Bonchev–Trinajstić information content (AvgIpc) is 3.77. The van der Waals surface area contributed by atoms with Crippen LogP contribution in [-0.2, 0) is 15.1 Å². The summed E-state index contributed by atoms with van der Waals surface area (Å²) in [5, 5.41) is 12.6. The number of aromatic nitrogens is 2. The van der Waals surface area contributed by atoms with Crippen molar-refractivity contribution < 1.29 is 50.5 Å². The first-order valence-corrected chi connectivity index (χ1v) is 19.2. The van der Waals surface area contributed by atoms with E-state index < -0.39 is 66.8 Å². The lowest BCUT2D eigenvalue weighted by Crippen LogP contribution is -2.47. The number of aliphatic imine (C=N–C) groups is 1. The zero-order chi connectivity index (χ0) is 35.7. The van der Waals surface area contributed by atoms with E-state index >= 15 is 8.78 Å². The Bertz CT molecular complexity index is 1590. The quantitative estimate of drug-likeness (QED) is 0.104. The number of fused-ring (bicyclic) bond motifs is 1. The molecule has 1 aliphatic heterocycles. The lowest BCUT2D eigenvalue weighted by atomic mass is 9.84. The number of benzene rings is 1. The Balaban J connectivity index is 1.64. The van der Waals surface area contributed by atoms with E-state index in [1.807, 2.05) is 0 Å². The molecule has 2 amide bonds. The Morgan fingerprint density at radius 2 is 1.96 bits per heavy atom. The van der Waals surface area contributed by atoms with Crippen molar-refractivity contribution in [3.8, 4) is 5.88 Å². The summed E-state index contributed by atoms with van der Waals surface area (Å²) in [6.45, 7) is 6.33. The summed E-state index contributed by atoms with van der Waals surface area (Å²) in [6, 6.07) is 4.47. The smallest absolute Gasteiger partial charge is 0.415 e. The zero-order valence-corrected chi connectivity index (χ0v) is 28.5. The van der Waals surface area contributed by atoms with E-state index in [9.17, 15) is 32.3 Å². The first kappa shape index (κ1) is 37.2. The van der Waals surface area contributed by atoms with Gasteiger partial charge >= 0.3 is 18.4 Å². The molecular weight excluding hydrogens is 685 g/mol. The molecule has 18 heteroatoms. The number of hydrogen-bond acceptors (Lipinski definition) is 8. The van der Waals surface area contributed by atoms with Gasteiger partial charge in [-0.2, -0.15) is 8.78 Å². The van der Waals surface area contributed by atoms with Gasteiger partial charge in [0.1, 0.15) is 23.0 Å². The summed E-state index contributed by atoms with van der Waals surface area (Å²) in [6.07, 6.45) is -2.44. The number of amidine groups is 1.